The van der Waals surface area contributed by atoms with Crippen LogP contribution in [0, 0.1) is 0 Å². The van der Waals surface area contributed by atoms with Crippen LogP contribution in [0.5, 0.6) is 0 Å². The fourth-order valence-electron chi connectivity index (χ4n) is 3.21. The Morgan fingerprint density at radius 1 is 1.36 bits per heavy atom. The van der Waals surface area contributed by atoms with Crippen molar-refractivity contribution in [1.82, 2.24) is 10.3 Å². The van der Waals surface area contributed by atoms with Crippen LogP contribution in [-0.4, -0.2) is 23.8 Å². The number of esters is 1. The molecule has 0 amide bonds. The quantitative estimate of drug-likeness (QED) is 0.848. The highest BCUT2D eigenvalue weighted by Crippen LogP contribution is 2.41. The van der Waals surface area contributed by atoms with Gasteiger partial charge in [0.15, 0.2) is 5.78 Å². The third-order valence-corrected chi connectivity index (χ3v) is 4.16. The second-order valence-corrected chi connectivity index (χ2v) is 5.51. The molecule has 22 heavy (non-hydrogen) atoms. The van der Waals surface area contributed by atoms with Crippen LogP contribution in [0.1, 0.15) is 37.8 Å². The Morgan fingerprint density at radius 2 is 2.18 bits per heavy atom. The summed E-state index contributed by atoms with van der Waals surface area (Å²) in [5, 5.41) is 3.22. The second kappa shape index (κ2) is 5.75. The van der Waals surface area contributed by atoms with Gasteiger partial charge in [-0.05, 0) is 31.9 Å². The first-order chi connectivity index (χ1) is 10.6. The van der Waals surface area contributed by atoms with Crippen LogP contribution in [-0.2, 0) is 14.3 Å². The third-order valence-electron chi connectivity index (χ3n) is 4.16. The van der Waals surface area contributed by atoms with Crippen LogP contribution in [0.3, 0.4) is 0 Å². The summed E-state index contributed by atoms with van der Waals surface area (Å²) in [6.45, 7) is 1.84. The molecule has 1 N–H and O–H groups in total. The van der Waals surface area contributed by atoms with E-state index < -0.39 is 11.9 Å². The number of aromatic nitrogens is 1. The van der Waals surface area contributed by atoms with Gasteiger partial charge in [0.25, 0.3) is 0 Å². The minimum absolute atomic E-state index is 0.0818. The third kappa shape index (κ3) is 2.32. The van der Waals surface area contributed by atoms with Crippen molar-refractivity contribution in [3.05, 3.63) is 52.6 Å². The molecule has 1 aromatic heterocycles. The van der Waals surface area contributed by atoms with Crippen LogP contribution >= 0.6 is 0 Å². The number of ketones is 1. The Labute approximate surface area is 129 Å². The van der Waals surface area contributed by atoms with E-state index in [1.165, 1.54) is 7.11 Å². The van der Waals surface area contributed by atoms with Gasteiger partial charge in [0.1, 0.15) is 0 Å². The van der Waals surface area contributed by atoms with Crippen LogP contribution < -0.4 is 5.32 Å². The van der Waals surface area contributed by atoms with E-state index in [-0.39, 0.29) is 5.78 Å². The summed E-state index contributed by atoms with van der Waals surface area (Å²) in [7, 11) is 1.35. The maximum Gasteiger partial charge on any atom is 0.336 e. The zero-order chi connectivity index (χ0) is 15.7. The van der Waals surface area contributed by atoms with Gasteiger partial charge in [-0.15, -0.1) is 0 Å². The summed E-state index contributed by atoms with van der Waals surface area (Å²) in [6.07, 6.45) is 3.84. The number of hydrogen-bond acceptors (Lipinski definition) is 5. The summed E-state index contributed by atoms with van der Waals surface area (Å²) in [5.74, 6) is -0.790. The fraction of sp³-hybridized carbons (Fsp3) is 0.353. The number of rotatable bonds is 2. The number of methoxy groups -OCH3 is 1. The summed E-state index contributed by atoms with van der Waals surface area (Å²) in [6, 6.07) is 5.53. The van der Waals surface area contributed by atoms with Crippen molar-refractivity contribution >= 4 is 11.8 Å². The number of allylic oxidation sites excluding steroid dienone is 3. The zero-order valence-electron chi connectivity index (χ0n) is 12.7. The average Bonchev–Trinajstić information content (AvgIpc) is 2.54. The van der Waals surface area contributed by atoms with Crippen molar-refractivity contribution in [3.8, 4) is 0 Å². The minimum atomic E-state index is -0.447. The van der Waals surface area contributed by atoms with Crippen LogP contribution in [0.2, 0.25) is 0 Å². The van der Waals surface area contributed by atoms with Gasteiger partial charge >= 0.3 is 5.97 Å². The first-order valence-corrected chi connectivity index (χ1v) is 7.36. The molecule has 1 aliphatic heterocycles. The first kappa shape index (κ1) is 14.5. The predicted octanol–water partition coefficient (Wildman–Crippen LogP) is 2.22. The lowest BCUT2D eigenvalue weighted by Crippen LogP contribution is -2.34. The van der Waals surface area contributed by atoms with Crippen LogP contribution in [0.25, 0.3) is 0 Å². The number of carbonyl (C=O) groups excluding carboxylic acids is 2. The lowest BCUT2D eigenvalue weighted by atomic mass is 9.77. The molecule has 5 nitrogen and oxygen atoms in total. The zero-order valence-corrected chi connectivity index (χ0v) is 12.7. The molecule has 2 aliphatic rings. The van der Waals surface area contributed by atoms with Crippen LogP contribution in [0.15, 0.2) is 46.9 Å². The van der Waals surface area contributed by atoms with E-state index in [0.717, 1.165) is 24.2 Å². The van der Waals surface area contributed by atoms with E-state index in [2.05, 4.69) is 10.3 Å². The van der Waals surface area contributed by atoms with E-state index in [1.807, 2.05) is 25.1 Å². The lowest BCUT2D eigenvalue weighted by Gasteiger charge is -2.33. The van der Waals surface area contributed by atoms with Crippen molar-refractivity contribution < 1.29 is 14.3 Å². The molecule has 0 aromatic carbocycles. The smallest absolute Gasteiger partial charge is 0.336 e. The minimum Gasteiger partial charge on any atom is -0.466 e. The number of dihydropyridines is 1. The Hall–Kier alpha value is -2.43. The SMILES string of the molecule is COC(=O)C1=C(C)NC2=C(C(=O)CCC2)[C@@H]1c1ccccn1. The molecule has 0 bridgehead atoms. The maximum atomic E-state index is 12.5. The second-order valence-electron chi connectivity index (χ2n) is 5.51. The molecular weight excluding hydrogens is 280 g/mol. The molecule has 1 atom stereocenters. The van der Waals surface area contributed by atoms with E-state index in [1.54, 1.807) is 6.20 Å². The number of nitrogens with zero attached hydrogens (tertiary/aromatic N) is 1. The summed E-state index contributed by atoms with van der Waals surface area (Å²) in [4.78, 5) is 29.1. The topological polar surface area (TPSA) is 68.3 Å². The van der Waals surface area contributed by atoms with Gasteiger partial charge in [0.05, 0.1) is 24.3 Å². The Kier molecular flexibility index (Phi) is 3.79. The summed E-state index contributed by atoms with van der Waals surface area (Å²) >= 11 is 0. The van der Waals surface area contributed by atoms with Crippen molar-refractivity contribution in [3.63, 3.8) is 0 Å². The predicted molar refractivity (Wildman–Crippen MR) is 80.7 cm³/mol. The van der Waals surface area contributed by atoms with Crippen LogP contribution in [0.4, 0.5) is 0 Å². The highest BCUT2D eigenvalue weighted by Gasteiger charge is 2.39. The largest absolute Gasteiger partial charge is 0.466 e. The standard InChI is InChI=1S/C17H18N2O3/c1-10-14(17(21)22-2)16(11-6-3-4-9-18-11)15-12(19-10)7-5-8-13(15)20/h3-4,6,9,16,19H,5,7-8H2,1-2H3/t16-/m1/s1. The number of carbonyl (C=O) groups is 2. The van der Waals surface area contributed by atoms with E-state index >= 15 is 0 Å². The molecule has 0 spiro atoms. The molecular formula is C17H18N2O3. The highest BCUT2D eigenvalue weighted by molar-refractivity contribution is 6.03. The van der Waals surface area contributed by atoms with Gasteiger partial charge in [-0.1, -0.05) is 6.07 Å². The van der Waals surface area contributed by atoms with Gasteiger partial charge in [-0.25, -0.2) is 4.79 Å². The number of ether oxygens (including phenoxy) is 1. The summed E-state index contributed by atoms with van der Waals surface area (Å²) in [5.41, 5.74) is 3.48. The van der Waals surface area contributed by atoms with Crippen molar-refractivity contribution in [2.24, 2.45) is 0 Å². The Morgan fingerprint density at radius 3 is 2.86 bits per heavy atom. The Balaban J connectivity index is 2.18. The Bertz CT molecular complexity index is 689. The van der Waals surface area contributed by atoms with Crippen molar-refractivity contribution in [2.45, 2.75) is 32.1 Å². The maximum absolute atomic E-state index is 12.5. The highest BCUT2D eigenvalue weighted by atomic mass is 16.5. The van der Waals surface area contributed by atoms with Crippen molar-refractivity contribution in [2.75, 3.05) is 7.11 Å². The van der Waals surface area contributed by atoms with Crippen molar-refractivity contribution in [1.29, 1.82) is 0 Å². The summed E-state index contributed by atoms with van der Waals surface area (Å²) < 4.78 is 4.93. The van der Waals surface area contributed by atoms with Gasteiger partial charge in [-0.2, -0.15) is 0 Å². The molecule has 0 radical (unpaired) electrons. The normalized spacial score (nSPS) is 21.4. The van der Waals surface area contributed by atoms with E-state index in [0.29, 0.717) is 23.3 Å². The molecule has 2 heterocycles. The monoisotopic (exact) mass is 298 g/mol. The van der Waals surface area contributed by atoms with Gasteiger partial charge in [0, 0.05) is 29.6 Å². The molecule has 0 saturated carbocycles. The number of Topliss-reactive ketones (excluding diaryl/α,β-unsaturated/α-hetero) is 1. The fourth-order valence-corrected chi connectivity index (χ4v) is 3.21. The molecule has 1 aliphatic carbocycles. The molecule has 0 unspecified atom stereocenters. The molecule has 0 saturated heterocycles. The average molecular weight is 298 g/mol. The molecule has 1 aromatic rings. The van der Waals surface area contributed by atoms with Gasteiger partial charge in [-0.3, -0.25) is 9.78 Å². The van der Waals surface area contributed by atoms with Gasteiger partial charge < -0.3 is 10.1 Å². The number of hydrogen-bond donors (Lipinski definition) is 1. The molecule has 3 rings (SSSR count). The molecule has 5 heteroatoms. The molecule has 0 fully saturated rings. The first-order valence-electron chi connectivity index (χ1n) is 7.36. The number of pyridine rings is 1. The number of nitrogens with one attached hydrogen (secondary N) is 1. The van der Waals surface area contributed by atoms with Gasteiger partial charge in [0.2, 0.25) is 0 Å². The molecule has 114 valence electrons. The lowest BCUT2D eigenvalue weighted by molar-refractivity contribution is -0.136. The van der Waals surface area contributed by atoms with E-state index in [9.17, 15) is 9.59 Å². The van der Waals surface area contributed by atoms with E-state index in [4.69, 9.17) is 4.74 Å².